The number of furan rings is 1. The summed E-state index contributed by atoms with van der Waals surface area (Å²) in [6.07, 6.45) is 1.59. The minimum absolute atomic E-state index is 0.254. The molecule has 2 aromatic heterocycles. The molecule has 2 amide bonds. The second-order valence-electron chi connectivity index (χ2n) is 7.15. The lowest BCUT2D eigenvalue weighted by molar-refractivity contribution is 0.199. The van der Waals surface area contributed by atoms with Gasteiger partial charge in [-0.1, -0.05) is 17.3 Å². The Hall–Kier alpha value is -4.00. The van der Waals surface area contributed by atoms with Crippen molar-refractivity contribution in [3.8, 4) is 17.1 Å². The quantitative estimate of drug-likeness (QED) is 0.430. The molecule has 4 aromatic rings. The first kappa shape index (κ1) is 20.3. The molecule has 2 aromatic carbocycles. The van der Waals surface area contributed by atoms with Crippen LogP contribution < -0.4 is 10.1 Å². The summed E-state index contributed by atoms with van der Waals surface area (Å²) in [4.78, 5) is 14.6. The van der Waals surface area contributed by atoms with E-state index in [4.69, 9.17) is 13.7 Å². The molecule has 7 heteroatoms. The lowest BCUT2D eigenvalue weighted by Gasteiger charge is -2.21. The zero-order valence-electron chi connectivity index (χ0n) is 17.4. The Morgan fingerprint density at radius 2 is 1.90 bits per heavy atom. The minimum Gasteiger partial charge on any atom is -0.497 e. The molecule has 7 nitrogen and oxygen atoms in total. The van der Waals surface area contributed by atoms with Crippen LogP contribution in [0.25, 0.3) is 11.3 Å². The van der Waals surface area contributed by atoms with Gasteiger partial charge in [0.25, 0.3) is 0 Å². The van der Waals surface area contributed by atoms with Crippen molar-refractivity contribution >= 4 is 11.7 Å². The van der Waals surface area contributed by atoms with Crippen LogP contribution in [0.1, 0.15) is 17.0 Å². The molecule has 0 radical (unpaired) electrons. The van der Waals surface area contributed by atoms with E-state index in [2.05, 4.69) is 10.5 Å². The highest BCUT2D eigenvalue weighted by molar-refractivity contribution is 5.89. The second-order valence-corrected chi connectivity index (χ2v) is 7.15. The molecule has 0 bridgehead atoms. The van der Waals surface area contributed by atoms with Crippen molar-refractivity contribution in [1.82, 2.24) is 10.1 Å². The summed E-state index contributed by atoms with van der Waals surface area (Å²) in [7, 11) is 1.62. The first-order valence-corrected chi connectivity index (χ1v) is 9.86. The van der Waals surface area contributed by atoms with Crippen LogP contribution in [0.5, 0.6) is 5.75 Å². The molecule has 0 aliphatic rings. The molecular weight excluding hydrogens is 394 g/mol. The number of hydrogen-bond donors (Lipinski definition) is 1. The maximum Gasteiger partial charge on any atom is 0.322 e. The van der Waals surface area contributed by atoms with Gasteiger partial charge in [0.05, 0.1) is 26.5 Å². The Kier molecular flexibility index (Phi) is 6.03. The van der Waals surface area contributed by atoms with Crippen molar-refractivity contribution in [3.63, 3.8) is 0 Å². The number of nitrogens with zero attached hydrogens (tertiary/aromatic N) is 2. The van der Waals surface area contributed by atoms with Gasteiger partial charge in [-0.3, -0.25) is 0 Å². The predicted octanol–water partition coefficient (Wildman–Crippen LogP) is 5.49. The lowest BCUT2D eigenvalue weighted by Crippen LogP contribution is -2.34. The van der Waals surface area contributed by atoms with Crippen LogP contribution in [-0.4, -0.2) is 23.2 Å². The van der Waals surface area contributed by atoms with E-state index in [0.29, 0.717) is 23.8 Å². The maximum absolute atomic E-state index is 13.0. The van der Waals surface area contributed by atoms with Crippen LogP contribution in [0.3, 0.4) is 0 Å². The van der Waals surface area contributed by atoms with Gasteiger partial charge in [0.1, 0.15) is 17.2 Å². The molecule has 2 heterocycles. The fourth-order valence-corrected chi connectivity index (χ4v) is 3.19. The van der Waals surface area contributed by atoms with E-state index in [1.54, 1.807) is 24.3 Å². The monoisotopic (exact) mass is 417 g/mol. The number of amides is 2. The maximum atomic E-state index is 13.0. The summed E-state index contributed by atoms with van der Waals surface area (Å²) < 4.78 is 16.1. The summed E-state index contributed by atoms with van der Waals surface area (Å²) in [5.41, 5.74) is 3.31. The van der Waals surface area contributed by atoms with E-state index in [0.717, 1.165) is 22.6 Å². The van der Waals surface area contributed by atoms with E-state index in [1.807, 2.05) is 67.6 Å². The normalized spacial score (nSPS) is 10.6. The zero-order chi connectivity index (χ0) is 21.6. The molecule has 0 aliphatic carbocycles. The molecule has 1 N–H and O–H groups in total. The highest BCUT2D eigenvalue weighted by Crippen LogP contribution is 2.24. The molecule has 0 unspecified atom stereocenters. The molecule has 4 rings (SSSR count). The number of hydrogen-bond acceptors (Lipinski definition) is 5. The van der Waals surface area contributed by atoms with Crippen molar-refractivity contribution in [2.24, 2.45) is 0 Å². The number of aromatic nitrogens is 1. The van der Waals surface area contributed by atoms with Gasteiger partial charge >= 0.3 is 6.03 Å². The van der Waals surface area contributed by atoms with Gasteiger partial charge in [0.15, 0.2) is 5.76 Å². The van der Waals surface area contributed by atoms with Gasteiger partial charge in [-0.2, -0.15) is 0 Å². The van der Waals surface area contributed by atoms with E-state index in [-0.39, 0.29) is 12.6 Å². The third-order valence-corrected chi connectivity index (χ3v) is 4.77. The second kappa shape index (κ2) is 9.21. The molecule has 0 atom stereocenters. The molecule has 0 aliphatic heterocycles. The fourth-order valence-electron chi connectivity index (χ4n) is 3.19. The van der Waals surface area contributed by atoms with E-state index >= 15 is 0 Å². The fraction of sp³-hybridized carbons (Fsp3) is 0.167. The summed E-state index contributed by atoms with van der Waals surface area (Å²) in [6, 6.07) is 20.4. The van der Waals surface area contributed by atoms with E-state index in [9.17, 15) is 4.79 Å². The average molecular weight is 417 g/mol. The Morgan fingerprint density at radius 3 is 2.61 bits per heavy atom. The van der Waals surface area contributed by atoms with Crippen molar-refractivity contribution in [2.75, 3.05) is 12.4 Å². The topological polar surface area (TPSA) is 80.7 Å². The number of aryl methyl sites for hydroxylation is 1. The van der Waals surface area contributed by atoms with Crippen LogP contribution in [0.2, 0.25) is 0 Å². The third kappa shape index (κ3) is 5.14. The first-order valence-electron chi connectivity index (χ1n) is 9.86. The molecular formula is C24H23N3O4. The standard InChI is InChI=1S/C24H23N3O4/c1-17-5-3-6-19(13-17)25-24(28)27(16-22-7-4-12-30-22)15-20-14-23(31-26-20)18-8-10-21(29-2)11-9-18/h3-14H,15-16H2,1-2H3,(H,25,28). The van der Waals surface area contributed by atoms with Gasteiger partial charge in [-0.05, 0) is 61.0 Å². The zero-order valence-corrected chi connectivity index (χ0v) is 17.4. The highest BCUT2D eigenvalue weighted by Gasteiger charge is 2.19. The number of rotatable bonds is 7. The summed E-state index contributed by atoms with van der Waals surface area (Å²) in [6.45, 7) is 2.54. The number of carbonyl (C=O) groups excluding carboxylic acids is 1. The number of urea groups is 1. The van der Waals surface area contributed by atoms with E-state index in [1.165, 1.54) is 0 Å². The Morgan fingerprint density at radius 1 is 1.06 bits per heavy atom. The molecule has 0 fully saturated rings. The lowest BCUT2D eigenvalue weighted by atomic mass is 10.1. The van der Waals surface area contributed by atoms with Gasteiger partial charge in [0, 0.05) is 17.3 Å². The molecule has 158 valence electrons. The van der Waals surface area contributed by atoms with Gasteiger partial charge in [0.2, 0.25) is 0 Å². The first-order chi connectivity index (χ1) is 15.1. The number of methoxy groups -OCH3 is 1. The van der Waals surface area contributed by atoms with Crippen LogP contribution in [-0.2, 0) is 13.1 Å². The van der Waals surface area contributed by atoms with Crippen molar-refractivity contribution in [3.05, 3.63) is 90.0 Å². The van der Waals surface area contributed by atoms with Crippen molar-refractivity contribution in [2.45, 2.75) is 20.0 Å². The minimum atomic E-state index is -0.254. The van der Waals surface area contributed by atoms with Gasteiger partial charge in [-0.15, -0.1) is 0 Å². The Balaban J connectivity index is 1.51. The molecule has 31 heavy (non-hydrogen) atoms. The van der Waals surface area contributed by atoms with Crippen LogP contribution in [0.15, 0.2) is 81.9 Å². The Bertz CT molecular complexity index is 1130. The highest BCUT2D eigenvalue weighted by atomic mass is 16.5. The number of ether oxygens (including phenoxy) is 1. The molecule has 0 spiro atoms. The summed E-state index contributed by atoms with van der Waals surface area (Å²) >= 11 is 0. The largest absolute Gasteiger partial charge is 0.497 e. The molecule has 0 saturated carbocycles. The number of nitrogens with one attached hydrogen (secondary N) is 1. The van der Waals surface area contributed by atoms with Crippen LogP contribution in [0.4, 0.5) is 10.5 Å². The number of carbonyl (C=O) groups is 1. The number of benzene rings is 2. The summed E-state index contributed by atoms with van der Waals surface area (Å²) in [5.74, 6) is 2.06. The van der Waals surface area contributed by atoms with Gasteiger partial charge < -0.3 is 23.9 Å². The van der Waals surface area contributed by atoms with Crippen molar-refractivity contribution < 1.29 is 18.5 Å². The SMILES string of the molecule is COc1ccc(-c2cc(CN(Cc3ccco3)C(=O)Nc3cccc(C)c3)no2)cc1. The summed E-state index contributed by atoms with van der Waals surface area (Å²) in [5, 5.41) is 7.09. The van der Waals surface area contributed by atoms with Crippen LogP contribution >= 0.6 is 0 Å². The van der Waals surface area contributed by atoms with Gasteiger partial charge in [-0.25, -0.2) is 4.79 Å². The van der Waals surface area contributed by atoms with Crippen LogP contribution in [0, 0.1) is 6.92 Å². The average Bonchev–Trinajstić information content (AvgIpc) is 3.46. The van der Waals surface area contributed by atoms with E-state index < -0.39 is 0 Å². The Labute approximate surface area is 180 Å². The predicted molar refractivity (Wildman–Crippen MR) is 117 cm³/mol. The van der Waals surface area contributed by atoms with Crippen molar-refractivity contribution in [1.29, 1.82) is 0 Å². The molecule has 0 saturated heterocycles. The third-order valence-electron chi connectivity index (χ3n) is 4.77. The number of anilines is 1. The smallest absolute Gasteiger partial charge is 0.322 e.